The van der Waals surface area contributed by atoms with Gasteiger partial charge in [-0.25, -0.2) is 9.59 Å². The summed E-state index contributed by atoms with van der Waals surface area (Å²) in [5.74, 6) is 0.879. The number of anilines is 1. The third kappa shape index (κ3) is 8.09. The summed E-state index contributed by atoms with van der Waals surface area (Å²) in [6.07, 6.45) is 8.82. The van der Waals surface area contributed by atoms with Gasteiger partial charge in [0.15, 0.2) is 0 Å². The molecule has 12 heteroatoms. The highest BCUT2D eigenvalue weighted by Crippen LogP contribution is 2.33. The van der Waals surface area contributed by atoms with Crippen molar-refractivity contribution in [1.29, 1.82) is 0 Å². The van der Waals surface area contributed by atoms with Gasteiger partial charge in [0.25, 0.3) is 0 Å². The molecule has 1 aliphatic heterocycles. The number of halogens is 1. The Kier molecular flexibility index (Phi) is 10.3. The Morgan fingerprint density at radius 3 is 2.17 bits per heavy atom. The van der Waals surface area contributed by atoms with E-state index in [-0.39, 0.29) is 30.2 Å². The van der Waals surface area contributed by atoms with E-state index >= 15 is 0 Å². The molecule has 2 aromatic rings. The zero-order chi connectivity index (χ0) is 29.1. The summed E-state index contributed by atoms with van der Waals surface area (Å²) in [5.41, 5.74) is 12.6. The van der Waals surface area contributed by atoms with Gasteiger partial charge >= 0.3 is 11.7 Å². The third-order valence-corrected chi connectivity index (χ3v) is 8.49. The first-order valence-electron chi connectivity index (χ1n) is 14.9. The molecule has 1 aromatic carbocycles. The number of piperazine rings is 1. The van der Waals surface area contributed by atoms with Crippen molar-refractivity contribution in [3.05, 3.63) is 52.6 Å². The van der Waals surface area contributed by atoms with E-state index in [4.69, 9.17) is 11.5 Å². The summed E-state index contributed by atoms with van der Waals surface area (Å²) in [4.78, 5) is 48.0. The Labute approximate surface area is 254 Å². The maximum Gasteiger partial charge on any atom is 0.354 e. The van der Waals surface area contributed by atoms with E-state index in [2.05, 4.69) is 27.3 Å². The molecule has 3 aliphatic rings. The Morgan fingerprint density at radius 1 is 0.976 bits per heavy atom. The molecular formula is C30H45ClN8O3. The summed E-state index contributed by atoms with van der Waals surface area (Å²) in [6, 6.07) is 10.3. The predicted molar refractivity (Wildman–Crippen MR) is 166 cm³/mol. The van der Waals surface area contributed by atoms with Crippen molar-refractivity contribution in [2.75, 3.05) is 38.0 Å². The molecule has 2 aliphatic carbocycles. The minimum Gasteiger partial charge on any atom is -0.338 e. The standard InChI is InChI=1S/C30H44N8O3.ClH/c1-30(2,32)27(39)35-15-17-36(18-16-35)28(40)33-26-13-14-38(29(41)34-26)25-9-5-22(6-10-25)20-37(19-21-3-4-21)24-11-7-23(31)8-12-24;/h5-6,9-10,13-14,21,23-24H,3-4,7-8,11-12,15-20,31-32H2,1-2H3,(H,33,34,40,41);1H/t23-,24-;. The van der Waals surface area contributed by atoms with Gasteiger partial charge < -0.3 is 21.3 Å². The Balaban J connectivity index is 0.00000405. The fourth-order valence-electron chi connectivity index (χ4n) is 5.82. The highest BCUT2D eigenvalue weighted by atomic mass is 35.5. The molecule has 3 amide bonds. The zero-order valence-electron chi connectivity index (χ0n) is 24.7. The molecule has 0 spiro atoms. The molecule has 42 heavy (non-hydrogen) atoms. The zero-order valence-corrected chi connectivity index (χ0v) is 25.5. The second kappa shape index (κ2) is 13.5. The van der Waals surface area contributed by atoms with Crippen molar-refractivity contribution < 1.29 is 9.59 Å². The van der Waals surface area contributed by atoms with Crippen LogP contribution in [0.4, 0.5) is 10.6 Å². The predicted octanol–water partition coefficient (Wildman–Crippen LogP) is 2.55. The average Bonchev–Trinajstić information content (AvgIpc) is 3.77. The maximum absolute atomic E-state index is 12.8. The SMILES string of the molecule is CC(C)(N)C(=O)N1CCN(C(=O)Nc2ccn(-c3ccc(CN(CC4CC4)[C@H]4CC[C@H](N)CC4)cc3)c(=O)n2)CC1.Cl. The molecule has 230 valence electrons. The topological polar surface area (TPSA) is 143 Å². The van der Waals surface area contributed by atoms with Gasteiger partial charge in [0.1, 0.15) is 5.82 Å². The molecular weight excluding hydrogens is 556 g/mol. The smallest absolute Gasteiger partial charge is 0.338 e. The number of carbonyl (C=O) groups is 2. The van der Waals surface area contributed by atoms with Gasteiger partial charge in [-0.1, -0.05) is 12.1 Å². The molecule has 1 saturated heterocycles. The highest BCUT2D eigenvalue weighted by Gasteiger charge is 2.32. The second-order valence-electron chi connectivity index (χ2n) is 12.5. The number of hydrogen-bond donors (Lipinski definition) is 3. The first-order valence-corrected chi connectivity index (χ1v) is 14.9. The first-order chi connectivity index (χ1) is 19.6. The van der Waals surface area contributed by atoms with E-state index < -0.39 is 11.2 Å². The van der Waals surface area contributed by atoms with Gasteiger partial charge in [0.05, 0.1) is 11.2 Å². The Morgan fingerprint density at radius 2 is 1.60 bits per heavy atom. The summed E-state index contributed by atoms with van der Waals surface area (Å²) in [7, 11) is 0. The number of aromatic nitrogens is 2. The summed E-state index contributed by atoms with van der Waals surface area (Å²) < 4.78 is 1.48. The normalized spacial score (nSPS) is 21.2. The molecule has 2 saturated carbocycles. The van der Waals surface area contributed by atoms with Gasteiger partial charge in [0, 0.05) is 57.5 Å². The van der Waals surface area contributed by atoms with E-state index in [1.807, 2.05) is 12.1 Å². The molecule has 2 heterocycles. The summed E-state index contributed by atoms with van der Waals surface area (Å²) >= 11 is 0. The van der Waals surface area contributed by atoms with Crippen LogP contribution >= 0.6 is 12.4 Å². The van der Waals surface area contributed by atoms with E-state index in [0.717, 1.165) is 37.5 Å². The van der Waals surface area contributed by atoms with E-state index in [1.54, 1.807) is 35.9 Å². The van der Waals surface area contributed by atoms with E-state index in [1.165, 1.54) is 35.8 Å². The van der Waals surface area contributed by atoms with Crippen molar-refractivity contribution in [3.63, 3.8) is 0 Å². The van der Waals surface area contributed by atoms with Gasteiger partial charge in [-0.3, -0.25) is 19.6 Å². The summed E-state index contributed by atoms with van der Waals surface area (Å²) in [6.45, 7) is 6.98. The van der Waals surface area contributed by atoms with Crippen LogP contribution < -0.4 is 22.5 Å². The maximum atomic E-state index is 12.8. The number of rotatable bonds is 8. The van der Waals surface area contributed by atoms with Crippen LogP contribution in [0.1, 0.15) is 57.9 Å². The third-order valence-electron chi connectivity index (χ3n) is 8.49. The number of carbonyl (C=O) groups excluding carboxylic acids is 2. The number of hydrogen-bond acceptors (Lipinski definition) is 7. The van der Waals surface area contributed by atoms with Crippen LogP contribution in [0.25, 0.3) is 5.69 Å². The van der Waals surface area contributed by atoms with Crippen LogP contribution in [0.2, 0.25) is 0 Å². The van der Waals surface area contributed by atoms with Crippen LogP contribution in [0.3, 0.4) is 0 Å². The monoisotopic (exact) mass is 600 g/mol. The van der Waals surface area contributed by atoms with Crippen LogP contribution in [-0.4, -0.2) is 86.5 Å². The fourth-order valence-corrected chi connectivity index (χ4v) is 5.82. The minimum absolute atomic E-state index is 0. The van der Waals surface area contributed by atoms with Crippen LogP contribution in [-0.2, 0) is 11.3 Å². The number of urea groups is 1. The molecule has 5 N–H and O–H groups in total. The lowest BCUT2D eigenvalue weighted by atomic mass is 9.90. The average molecular weight is 601 g/mol. The molecule has 1 aromatic heterocycles. The molecule has 0 atom stereocenters. The molecule has 5 rings (SSSR count). The Bertz CT molecular complexity index is 1270. The van der Waals surface area contributed by atoms with Crippen molar-refractivity contribution in [3.8, 4) is 5.69 Å². The largest absolute Gasteiger partial charge is 0.354 e. The van der Waals surface area contributed by atoms with Crippen LogP contribution in [0.15, 0.2) is 41.3 Å². The van der Waals surface area contributed by atoms with Crippen molar-refractivity contribution >= 4 is 30.2 Å². The number of nitrogens with two attached hydrogens (primary N) is 2. The van der Waals surface area contributed by atoms with Gasteiger partial charge in [-0.05, 0) is 82.1 Å². The van der Waals surface area contributed by atoms with Gasteiger partial charge in [-0.2, -0.15) is 4.98 Å². The molecule has 0 bridgehead atoms. The Hall–Kier alpha value is -2.99. The van der Waals surface area contributed by atoms with Crippen LogP contribution in [0.5, 0.6) is 0 Å². The second-order valence-corrected chi connectivity index (χ2v) is 12.5. The van der Waals surface area contributed by atoms with Gasteiger partial charge in [-0.15, -0.1) is 12.4 Å². The van der Waals surface area contributed by atoms with Gasteiger partial charge in [0.2, 0.25) is 5.91 Å². The molecule has 0 unspecified atom stereocenters. The van der Waals surface area contributed by atoms with Crippen molar-refractivity contribution in [1.82, 2.24) is 24.3 Å². The molecule has 0 radical (unpaired) electrons. The lowest BCUT2D eigenvalue weighted by Gasteiger charge is -2.37. The highest BCUT2D eigenvalue weighted by molar-refractivity contribution is 5.89. The number of nitrogens with zero attached hydrogens (tertiary/aromatic N) is 5. The lowest BCUT2D eigenvalue weighted by Crippen LogP contribution is -2.58. The summed E-state index contributed by atoms with van der Waals surface area (Å²) in [5, 5.41) is 2.71. The van der Waals surface area contributed by atoms with E-state index in [9.17, 15) is 14.4 Å². The molecule has 11 nitrogen and oxygen atoms in total. The quantitative estimate of drug-likeness (QED) is 0.422. The van der Waals surface area contributed by atoms with Crippen molar-refractivity contribution in [2.45, 2.75) is 76.5 Å². The molecule has 3 fully saturated rings. The number of amides is 3. The fraction of sp³-hybridized carbons (Fsp3) is 0.600. The minimum atomic E-state index is -0.945. The van der Waals surface area contributed by atoms with Crippen molar-refractivity contribution in [2.24, 2.45) is 17.4 Å². The lowest BCUT2D eigenvalue weighted by molar-refractivity contribution is -0.137. The number of nitrogens with one attached hydrogen (secondary N) is 1. The van der Waals surface area contributed by atoms with Crippen LogP contribution in [0, 0.1) is 5.92 Å². The number of benzene rings is 1. The van der Waals surface area contributed by atoms with E-state index in [0.29, 0.717) is 38.3 Å². The first kappa shape index (κ1) is 31.9.